The van der Waals surface area contributed by atoms with Crippen LogP contribution in [0.4, 0.5) is 11.4 Å². The van der Waals surface area contributed by atoms with Crippen LogP contribution in [0.1, 0.15) is 84.0 Å². The number of hydrogen-bond acceptors (Lipinski definition) is 6. The third kappa shape index (κ3) is 3.49. The maximum absolute atomic E-state index is 13.6. The molecular weight excluding hydrogens is 464 g/mol. The molecule has 0 fully saturated rings. The molecule has 0 saturated heterocycles. The minimum Gasteiger partial charge on any atom is -0.398 e. The fourth-order valence-corrected chi connectivity index (χ4v) is 4.94. The predicted octanol–water partition coefficient (Wildman–Crippen LogP) is 5.49. The van der Waals surface area contributed by atoms with Gasteiger partial charge in [0.1, 0.15) is 0 Å². The summed E-state index contributed by atoms with van der Waals surface area (Å²) in [6.07, 6.45) is 1.25. The highest BCUT2D eigenvalue weighted by Gasteiger charge is 2.37. The molecule has 6 heteroatoms. The van der Waals surface area contributed by atoms with Gasteiger partial charge >= 0.3 is 0 Å². The van der Waals surface area contributed by atoms with Crippen molar-refractivity contribution >= 4 is 34.5 Å². The Kier molecular flexibility index (Phi) is 5.80. The lowest BCUT2D eigenvalue weighted by atomic mass is 9.76. The van der Waals surface area contributed by atoms with Gasteiger partial charge in [-0.1, -0.05) is 80.9 Å². The van der Waals surface area contributed by atoms with Crippen molar-refractivity contribution in [1.29, 1.82) is 0 Å². The zero-order chi connectivity index (χ0) is 26.4. The SMILES string of the molecule is CCC.Nc1ccc(-c2ccc(N)c3c2C(=O)c2ccccc2C3=O)c2c1C(=O)c1ccccc1C2=O. The van der Waals surface area contributed by atoms with E-state index in [4.69, 9.17) is 11.5 Å². The second-order valence-corrected chi connectivity index (χ2v) is 9.02. The highest BCUT2D eigenvalue weighted by molar-refractivity contribution is 6.34. The number of hydrogen-bond donors (Lipinski definition) is 2. The molecule has 0 unspecified atom stereocenters. The van der Waals surface area contributed by atoms with Crippen LogP contribution in [0.2, 0.25) is 0 Å². The lowest BCUT2D eigenvalue weighted by Crippen LogP contribution is -2.25. The molecule has 0 aromatic heterocycles. The van der Waals surface area contributed by atoms with Crippen molar-refractivity contribution in [3.05, 3.63) is 117 Å². The van der Waals surface area contributed by atoms with Crippen LogP contribution in [-0.4, -0.2) is 23.1 Å². The largest absolute Gasteiger partial charge is 0.398 e. The van der Waals surface area contributed by atoms with E-state index in [1.165, 1.54) is 6.42 Å². The Morgan fingerprint density at radius 1 is 0.432 bits per heavy atom. The van der Waals surface area contributed by atoms with E-state index in [0.717, 1.165) is 0 Å². The normalized spacial score (nSPS) is 13.1. The summed E-state index contributed by atoms with van der Waals surface area (Å²) in [6, 6.07) is 19.4. The number of nitrogen functional groups attached to an aromatic ring is 2. The van der Waals surface area contributed by atoms with Gasteiger partial charge in [0.15, 0.2) is 23.1 Å². The van der Waals surface area contributed by atoms with Gasteiger partial charge in [0, 0.05) is 44.8 Å². The van der Waals surface area contributed by atoms with E-state index in [-0.39, 0.29) is 79.0 Å². The number of carbonyl (C=O) groups excluding carboxylic acids is 4. The van der Waals surface area contributed by atoms with E-state index < -0.39 is 0 Å². The molecule has 0 saturated carbocycles. The molecular formula is C31H24N2O4. The summed E-state index contributed by atoms with van der Waals surface area (Å²) in [4.78, 5) is 53.8. The van der Waals surface area contributed by atoms with Crippen molar-refractivity contribution in [2.24, 2.45) is 0 Å². The molecule has 0 atom stereocenters. The lowest BCUT2D eigenvalue weighted by molar-refractivity contribution is 0.0978. The van der Waals surface area contributed by atoms with Gasteiger partial charge in [-0.15, -0.1) is 0 Å². The maximum atomic E-state index is 13.6. The minimum absolute atomic E-state index is 0.0989. The zero-order valence-corrected chi connectivity index (χ0v) is 20.4. The Labute approximate surface area is 213 Å². The average Bonchev–Trinajstić information content (AvgIpc) is 2.91. The number of benzene rings is 4. The van der Waals surface area contributed by atoms with Crippen LogP contribution in [0.25, 0.3) is 11.1 Å². The van der Waals surface area contributed by atoms with Crippen LogP contribution in [0.5, 0.6) is 0 Å². The van der Waals surface area contributed by atoms with Crippen LogP contribution in [0.3, 0.4) is 0 Å². The summed E-state index contributed by atoms with van der Waals surface area (Å²) in [6.45, 7) is 4.25. The number of anilines is 2. The molecule has 2 aliphatic carbocycles. The predicted molar refractivity (Wildman–Crippen MR) is 143 cm³/mol. The monoisotopic (exact) mass is 488 g/mol. The van der Waals surface area contributed by atoms with E-state index in [2.05, 4.69) is 13.8 Å². The Morgan fingerprint density at radius 2 is 0.703 bits per heavy atom. The Bertz CT molecular complexity index is 1540. The molecule has 2 aliphatic rings. The summed E-state index contributed by atoms with van der Waals surface area (Å²) < 4.78 is 0. The van der Waals surface area contributed by atoms with Crippen molar-refractivity contribution < 1.29 is 19.2 Å². The summed E-state index contributed by atoms with van der Waals surface area (Å²) in [7, 11) is 0. The van der Waals surface area contributed by atoms with Crippen LogP contribution in [-0.2, 0) is 0 Å². The maximum Gasteiger partial charge on any atom is 0.196 e. The van der Waals surface area contributed by atoms with Gasteiger partial charge in [-0.3, -0.25) is 19.2 Å². The number of ketones is 4. The third-order valence-corrected chi connectivity index (χ3v) is 6.51. The molecule has 4 N–H and O–H groups in total. The molecule has 0 heterocycles. The molecule has 0 aliphatic heterocycles. The first-order chi connectivity index (χ1) is 17.8. The quantitative estimate of drug-likeness (QED) is 0.296. The first kappa shape index (κ1) is 23.9. The molecule has 182 valence electrons. The first-order valence-electron chi connectivity index (χ1n) is 12.0. The number of fused-ring (bicyclic) bond motifs is 4. The van der Waals surface area contributed by atoms with Gasteiger partial charge in [0.25, 0.3) is 0 Å². The summed E-state index contributed by atoms with van der Waals surface area (Å²) in [5.74, 6) is -1.45. The van der Waals surface area contributed by atoms with Gasteiger partial charge in [-0.05, 0) is 23.3 Å². The molecule has 0 bridgehead atoms. The van der Waals surface area contributed by atoms with Crippen molar-refractivity contribution in [1.82, 2.24) is 0 Å². The second kappa shape index (κ2) is 8.99. The highest BCUT2D eigenvalue weighted by atomic mass is 16.1. The van der Waals surface area contributed by atoms with E-state index in [1.807, 2.05) is 0 Å². The van der Waals surface area contributed by atoms with E-state index >= 15 is 0 Å². The van der Waals surface area contributed by atoms with Gasteiger partial charge in [-0.2, -0.15) is 0 Å². The molecule has 0 radical (unpaired) electrons. The van der Waals surface area contributed by atoms with Crippen LogP contribution in [0.15, 0.2) is 72.8 Å². The minimum atomic E-state index is -0.368. The number of carbonyl (C=O) groups is 4. The van der Waals surface area contributed by atoms with Gasteiger partial charge in [-0.25, -0.2) is 0 Å². The summed E-state index contributed by atoms with van der Waals surface area (Å²) in [5, 5.41) is 0. The molecule has 4 aromatic rings. The molecule has 6 nitrogen and oxygen atoms in total. The van der Waals surface area contributed by atoms with E-state index in [1.54, 1.807) is 72.8 Å². The molecule has 6 rings (SSSR count). The van der Waals surface area contributed by atoms with Crippen molar-refractivity contribution in [2.75, 3.05) is 11.5 Å². The fraction of sp³-hybridized carbons (Fsp3) is 0.0968. The van der Waals surface area contributed by atoms with Gasteiger partial charge in [0.05, 0.1) is 11.1 Å². The third-order valence-electron chi connectivity index (χ3n) is 6.51. The van der Waals surface area contributed by atoms with Crippen LogP contribution < -0.4 is 11.5 Å². The summed E-state index contributed by atoms with van der Waals surface area (Å²) in [5.41, 5.74) is 14.9. The molecule has 0 spiro atoms. The van der Waals surface area contributed by atoms with Crippen LogP contribution >= 0.6 is 0 Å². The molecule has 0 amide bonds. The lowest BCUT2D eigenvalue weighted by Gasteiger charge is -2.25. The van der Waals surface area contributed by atoms with Crippen molar-refractivity contribution in [3.63, 3.8) is 0 Å². The standard InChI is InChI=1S/C28H16N2O4.C3H8/c29-19-11-9-13(21-23(19)27(33)17-7-3-1-5-15(17)25(21)31)14-10-12-20(30)24-22(14)26(32)16-6-2-4-8-18(16)28(24)34;1-3-2/h1-12H,29-30H2;3H2,1-2H3. The van der Waals surface area contributed by atoms with Gasteiger partial charge < -0.3 is 11.5 Å². The fourth-order valence-electron chi connectivity index (χ4n) is 4.94. The van der Waals surface area contributed by atoms with Crippen LogP contribution in [0, 0.1) is 0 Å². The van der Waals surface area contributed by atoms with Gasteiger partial charge in [0.2, 0.25) is 0 Å². The Hall–Kier alpha value is -4.84. The van der Waals surface area contributed by atoms with E-state index in [0.29, 0.717) is 11.1 Å². The van der Waals surface area contributed by atoms with Crippen molar-refractivity contribution in [2.45, 2.75) is 20.3 Å². The van der Waals surface area contributed by atoms with Crippen molar-refractivity contribution in [3.8, 4) is 11.1 Å². The number of rotatable bonds is 1. The zero-order valence-electron chi connectivity index (χ0n) is 20.4. The average molecular weight is 489 g/mol. The highest BCUT2D eigenvalue weighted by Crippen LogP contribution is 2.42. The number of nitrogens with two attached hydrogens (primary N) is 2. The second-order valence-electron chi connectivity index (χ2n) is 9.02. The first-order valence-corrected chi connectivity index (χ1v) is 12.0. The molecule has 37 heavy (non-hydrogen) atoms. The Morgan fingerprint density at radius 3 is 1.00 bits per heavy atom. The Balaban J connectivity index is 0.000000892. The molecule has 4 aromatic carbocycles. The topological polar surface area (TPSA) is 120 Å². The van der Waals surface area contributed by atoms with E-state index in [9.17, 15) is 19.2 Å². The smallest absolute Gasteiger partial charge is 0.196 e. The summed E-state index contributed by atoms with van der Waals surface area (Å²) >= 11 is 0.